The molecule has 1 aliphatic heterocycles. The van der Waals surface area contributed by atoms with Crippen LogP contribution in [0.15, 0.2) is 47.0 Å². The van der Waals surface area contributed by atoms with E-state index in [1.54, 1.807) is 10.7 Å². The summed E-state index contributed by atoms with van der Waals surface area (Å²) in [7, 11) is 0. The maximum atomic E-state index is 10.0. The molecule has 132 valence electrons. The topological polar surface area (TPSA) is 97.7 Å². The Morgan fingerprint density at radius 1 is 1.19 bits per heavy atom. The van der Waals surface area contributed by atoms with Crippen molar-refractivity contribution >= 4 is 22.6 Å². The summed E-state index contributed by atoms with van der Waals surface area (Å²) in [5.74, 6) is 0.943. The molecule has 1 aliphatic rings. The molecule has 4 heterocycles. The predicted molar refractivity (Wildman–Crippen MR) is 94.8 cm³/mol. The van der Waals surface area contributed by atoms with Gasteiger partial charge in [0.05, 0.1) is 30.5 Å². The predicted octanol–water partition coefficient (Wildman–Crippen LogP) is 2.10. The maximum Gasteiger partial charge on any atom is 0.246 e. The molecule has 1 saturated heterocycles. The summed E-state index contributed by atoms with van der Waals surface area (Å²) in [6.45, 7) is 0.923. The second kappa shape index (κ2) is 6.08. The van der Waals surface area contributed by atoms with Crippen LogP contribution in [0.1, 0.15) is 6.42 Å². The fourth-order valence-corrected chi connectivity index (χ4v) is 3.17. The Labute approximate surface area is 148 Å². The number of ether oxygens (including phenoxy) is 1. The molecular formula is C18H17N5O3. The Bertz CT molecular complexity index is 1040. The Morgan fingerprint density at radius 3 is 3.00 bits per heavy atom. The van der Waals surface area contributed by atoms with Crippen LogP contribution in [-0.2, 0) is 4.74 Å². The van der Waals surface area contributed by atoms with Gasteiger partial charge in [0.25, 0.3) is 0 Å². The molecule has 4 aromatic rings. The van der Waals surface area contributed by atoms with Crippen LogP contribution in [0.25, 0.3) is 28.2 Å². The molecule has 0 unspecified atom stereocenters. The SMILES string of the molecule is O[C@@H]1COCC[C@H]1Nc1ncc2ccc(-c3nc4ccccc4o3)n2n1. The zero-order chi connectivity index (χ0) is 17.5. The first-order valence-electron chi connectivity index (χ1n) is 8.51. The standard InChI is InChI=1S/C18H17N5O3/c24-15-10-25-8-7-12(15)21-18-19-9-11-5-6-14(23(11)22-18)17-20-13-3-1-2-4-16(13)26-17/h1-6,9,12,15,24H,7-8,10H2,(H,21,22)/t12-,15-/m1/s1. The Balaban J connectivity index is 1.52. The van der Waals surface area contributed by atoms with E-state index in [1.807, 2.05) is 36.4 Å². The number of rotatable bonds is 3. The molecule has 26 heavy (non-hydrogen) atoms. The highest BCUT2D eigenvalue weighted by atomic mass is 16.5. The van der Waals surface area contributed by atoms with Crippen LogP contribution in [0.2, 0.25) is 0 Å². The van der Waals surface area contributed by atoms with Crippen LogP contribution in [0.4, 0.5) is 5.95 Å². The van der Waals surface area contributed by atoms with Crippen LogP contribution in [0.3, 0.4) is 0 Å². The second-order valence-corrected chi connectivity index (χ2v) is 6.31. The lowest BCUT2D eigenvalue weighted by molar-refractivity contribution is -0.0136. The molecule has 0 aliphatic carbocycles. The summed E-state index contributed by atoms with van der Waals surface area (Å²) in [6, 6.07) is 11.3. The fraction of sp³-hybridized carbons (Fsp3) is 0.278. The van der Waals surface area contributed by atoms with E-state index >= 15 is 0 Å². The summed E-state index contributed by atoms with van der Waals surface area (Å²) in [6.07, 6.45) is 1.85. The molecule has 8 nitrogen and oxygen atoms in total. The van der Waals surface area contributed by atoms with Crippen LogP contribution >= 0.6 is 0 Å². The van der Waals surface area contributed by atoms with Crippen molar-refractivity contribution < 1.29 is 14.3 Å². The molecule has 2 atom stereocenters. The lowest BCUT2D eigenvalue weighted by Gasteiger charge is -2.28. The first-order chi connectivity index (χ1) is 12.8. The van der Waals surface area contributed by atoms with Crippen molar-refractivity contribution in [3.8, 4) is 11.6 Å². The van der Waals surface area contributed by atoms with E-state index in [4.69, 9.17) is 9.15 Å². The van der Waals surface area contributed by atoms with E-state index in [0.717, 1.165) is 22.3 Å². The van der Waals surface area contributed by atoms with Gasteiger partial charge in [-0.15, -0.1) is 5.10 Å². The third-order valence-electron chi connectivity index (χ3n) is 4.55. The van der Waals surface area contributed by atoms with Crippen molar-refractivity contribution in [1.82, 2.24) is 19.6 Å². The lowest BCUT2D eigenvalue weighted by Crippen LogP contribution is -2.42. The first kappa shape index (κ1) is 15.3. The average Bonchev–Trinajstić information content (AvgIpc) is 3.26. The quantitative estimate of drug-likeness (QED) is 0.583. The molecule has 0 radical (unpaired) electrons. The van der Waals surface area contributed by atoms with Crippen LogP contribution in [0.5, 0.6) is 0 Å². The van der Waals surface area contributed by atoms with E-state index in [9.17, 15) is 5.11 Å². The molecular weight excluding hydrogens is 334 g/mol. The van der Waals surface area contributed by atoms with Gasteiger partial charge in [-0.1, -0.05) is 12.1 Å². The summed E-state index contributed by atoms with van der Waals surface area (Å²) in [5.41, 5.74) is 3.11. The van der Waals surface area contributed by atoms with Crippen LogP contribution in [-0.4, -0.2) is 50.0 Å². The largest absolute Gasteiger partial charge is 0.435 e. The molecule has 3 aromatic heterocycles. The van der Waals surface area contributed by atoms with E-state index in [1.165, 1.54) is 0 Å². The number of hydrogen-bond acceptors (Lipinski definition) is 7. The number of aliphatic hydroxyl groups is 1. The van der Waals surface area contributed by atoms with Crippen molar-refractivity contribution in [3.05, 3.63) is 42.6 Å². The fourth-order valence-electron chi connectivity index (χ4n) is 3.17. The van der Waals surface area contributed by atoms with Gasteiger partial charge in [0.1, 0.15) is 11.2 Å². The van der Waals surface area contributed by atoms with Crippen molar-refractivity contribution in [2.45, 2.75) is 18.6 Å². The molecule has 1 fully saturated rings. The summed E-state index contributed by atoms with van der Waals surface area (Å²) >= 11 is 0. The van der Waals surface area contributed by atoms with Gasteiger partial charge in [-0.2, -0.15) is 0 Å². The van der Waals surface area contributed by atoms with Gasteiger partial charge < -0.3 is 19.6 Å². The van der Waals surface area contributed by atoms with Gasteiger partial charge in [0, 0.05) is 6.61 Å². The number of benzene rings is 1. The normalized spacial score (nSPS) is 20.7. The number of nitrogens with one attached hydrogen (secondary N) is 1. The molecule has 8 heteroatoms. The van der Waals surface area contributed by atoms with E-state index in [-0.39, 0.29) is 6.04 Å². The number of hydrogen-bond donors (Lipinski definition) is 2. The highest BCUT2D eigenvalue weighted by molar-refractivity contribution is 5.76. The molecule has 5 rings (SSSR count). The summed E-state index contributed by atoms with van der Waals surface area (Å²) in [4.78, 5) is 8.88. The molecule has 2 N–H and O–H groups in total. The molecule has 0 saturated carbocycles. The van der Waals surface area contributed by atoms with Gasteiger partial charge >= 0.3 is 0 Å². The van der Waals surface area contributed by atoms with E-state index < -0.39 is 6.10 Å². The molecule has 0 amide bonds. The summed E-state index contributed by atoms with van der Waals surface area (Å²) in [5, 5.41) is 17.8. The average molecular weight is 351 g/mol. The van der Waals surface area contributed by atoms with Crippen molar-refractivity contribution in [2.24, 2.45) is 0 Å². The van der Waals surface area contributed by atoms with Crippen LogP contribution < -0.4 is 5.32 Å². The summed E-state index contributed by atoms with van der Waals surface area (Å²) < 4.78 is 12.9. The number of fused-ring (bicyclic) bond motifs is 2. The zero-order valence-corrected chi connectivity index (χ0v) is 13.9. The number of oxazole rings is 1. The number of nitrogens with zero attached hydrogens (tertiary/aromatic N) is 4. The third-order valence-corrected chi connectivity index (χ3v) is 4.55. The molecule has 0 bridgehead atoms. The van der Waals surface area contributed by atoms with Gasteiger partial charge in [-0.25, -0.2) is 14.5 Å². The van der Waals surface area contributed by atoms with Crippen LogP contribution in [0, 0.1) is 0 Å². The minimum Gasteiger partial charge on any atom is -0.435 e. The number of aromatic nitrogens is 4. The van der Waals surface area contributed by atoms with E-state index in [0.29, 0.717) is 31.5 Å². The third kappa shape index (κ3) is 2.59. The maximum absolute atomic E-state index is 10.0. The van der Waals surface area contributed by atoms with Crippen molar-refractivity contribution in [3.63, 3.8) is 0 Å². The van der Waals surface area contributed by atoms with Gasteiger partial charge in [0.2, 0.25) is 11.8 Å². The monoisotopic (exact) mass is 351 g/mol. The second-order valence-electron chi connectivity index (χ2n) is 6.31. The molecule has 1 aromatic carbocycles. The zero-order valence-electron chi connectivity index (χ0n) is 13.9. The van der Waals surface area contributed by atoms with Gasteiger partial charge in [-0.3, -0.25) is 0 Å². The minimum atomic E-state index is -0.579. The number of para-hydroxylation sites is 2. The number of aliphatic hydroxyl groups excluding tert-OH is 1. The van der Waals surface area contributed by atoms with Crippen molar-refractivity contribution in [1.29, 1.82) is 0 Å². The van der Waals surface area contributed by atoms with Crippen molar-refractivity contribution in [2.75, 3.05) is 18.5 Å². The lowest BCUT2D eigenvalue weighted by atomic mass is 10.1. The smallest absolute Gasteiger partial charge is 0.246 e. The highest BCUT2D eigenvalue weighted by Crippen LogP contribution is 2.25. The minimum absolute atomic E-state index is 0.135. The first-order valence-corrected chi connectivity index (χ1v) is 8.51. The highest BCUT2D eigenvalue weighted by Gasteiger charge is 2.24. The Kier molecular flexibility index (Phi) is 3.58. The van der Waals surface area contributed by atoms with E-state index in [2.05, 4.69) is 20.4 Å². The van der Waals surface area contributed by atoms with Gasteiger partial charge in [0.15, 0.2) is 5.58 Å². The molecule has 0 spiro atoms. The Morgan fingerprint density at radius 2 is 2.12 bits per heavy atom. The Hall–Kier alpha value is -2.97. The number of anilines is 1. The van der Waals surface area contributed by atoms with Gasteiger partial charge in [-0.05, 0) is 30.7 Å².